The summed E-state index contributed by atoms with van der Waals surface area (Å²) in [7, 11) is -3.95. The first-order chi connectivity index (χ1) is 14.2. The van der Waals surface area contributed by atoms with Crippen LogP contribution >= 0.6 is 11.6 Å². The number of halogens is 2. The molecule has 2 aromatic rings. The van der Waals surface area contributed by atoms with E-state index in [0.29, 0.717) is 0 Å². The van der Waals surface area contributed by atoms with E-state index in [-0.39, 0.29) is 60.0 Å². The van der Waals surface area contributed by atoms with Gasteiger partial charge in [0.2, 0.25) is 16.8 Å². The molecule has 1 aliphatic rings. The molecule has 1 aliphatic heterocycles. The highest BCUT2D eigenvalue weighted by Crippen LogP contribution is 2.27. The predicted molar refractivity (Wildman–Crippen MR) is 106 cm³/mol. The van der Waals surface area contributed by atoms with Gasteiger partial charge in [0, 0.05) is 24.7 Å². The van der Waals surface area contributed by atoms with Crippen molar-refractivity contribution in [1.82, 2.24) is 4.31 Å². The van der Waals surface area contributed by atoms with Crippen molar-refractivity contribution >= 4 is 39.2 Å². The van der Waals surface area contributed by atoms with Crippen molar-refractivity contribution < 1.29 is 31.6 Å². The molecule has 0 atom stereocenters. The van der Waals surface area contributed by atoms with Gasteiger partial charge >= 0.3 is 5.97 Å². The van der Waals surface area contributed by atoms with Gasteiger partial charge in [-0.3, -0.25) is 4.79 Å². The zero-order valence-electron chi connectivity index (χ0n) is 16.1. The highest BCUT2D eigenvalue weighted by Gasteiger charge is 2.34. The lowest BCUT2D eigenvalue weighted by atomic mass is 9.97. The molecular weight excluding hydrogens is 439 g/mol. The average Bonchev–Trinajstić information content (AvgIpc) is 3.22. The zero-order chi connectivity index (χ0) is 21.9. The number of nitrogens with one attached hydrogen (secondary N) is 1. The Balaban J connectivity index is 1.60. The number of rotatable bonds is 6. The smallest absolute Gasteiger partial charge is 0.374 e. The molecule has 0 bridgehead atoms. The molecule has 1 N–H and O–H groups in total. The van der Waals surface area contributed by atoms with E-state index in [1.54, 1.807) is 6.92 Å². The highest BCUT2D eigenvalue weighted by molar-refractivity contribution is 7.89. The van der Waals surface area contributed by atoms with Crippen molar-refractivity contribution in [2.45, 2.75) is 24.9 Å². The fourth-order valence-electron chi connectivity index (χ4n) is 3.07. The van der Waals surface area contributed by atoms with Crippen molar-refractivity contribution in [3.05, 3.63) is 46.9 Å². The summed E-state index contributed by atoms with van der Waals surface area (Å²) in [4.78, 5) is 24.1. The number of nitrogens with zero attached hydrogens (tertiary/aromatic N) is 1. The van der Waals surface area contributed by atoms with Gasteiger partial charge in [0.1, 0.15) is 5.82 Å². The van der Waals surface area contributed by atoms with E-state index < -0.39 is 27.7 Å². The van der Waals surface area contributed by atoms with E-state index >= 15 is 0 Å². The Morgan fingerprint density at radius 1 is 1.27 bits per heavy atom. The van der Waals surface area contributed by atoms with Crippen LogP contribution in [0.2, 0.25) is 5.02 Å². The number of carbonyl (C=O) groups excluding carboxylic acids is 2. The molecule has 1 saturated heterocycles. The molecule has 1 amide bonds. The zero-order valence-corrected chi connectivity index (χ0v) is 17.6. The van der Waals surface area contributed by atoms with Crippen LogP contribution in [0.5, 0.6) is 0 Å². The number of ether oxygens (including phenoxy) is 1. The number of sulfonamides is 1. The van der Waals surface area contributed by atoms with E-state index in [9.17, 15) is 22.4 Å². The minimum absolute atomic E-state index is 0.0458. The summed E-state index contributed by atoms with van der Waals surface area (Å²) in [6.45, 7) is 1.97. The number of anilines is 1. The normalized spacial score (nSPS) is 15.7. The summed E-state index contributed by atoms with van der Waals surface area (Å²) in [6, 6.07) is 6.40. The van der Waals surface area contributed by atoms with Crippen LogP contribution in [0.3, 0.4) is 0 Å². The van der Waals surface area contributed by atoms with Crippen molar-refractivity contribution in [3.63, 3.8) is 0 Å². The van der Waals surface area contributed by atoms with Gasteiger partial charge in [-0.2, -0.15) is 4.31 Å². The summed E-state index contributed by atoms with van der Waals surface area (Å²) in [6.07, 6.45) is 0.569. The Labute approximate surface area is 178 Å². The molecule has 0 unspecified atom stereocenters. The van der Waals surface area contributed by atoms with E-state index in [2.05, 4.69) is 5.32 Å². The van der Waals surface area contributed by atoms with Crippen LogP contribution in [-0.2, 0) is 19.6 Å². The van der Waals surface area contributed by atoms with Crippen LogP contribution in [0.4, 0.5) is 10.1 Å². The second-order valence-corrected chi connectivity index (χ2v) is 8.91. The third kappa shape index (κ3) is 4.82. The Hall–Kier alpha value is -2.43. The topological polar surface area (TPSA) is 106 Å². The number of hydrogen-bond donors (Lipinski definition) is 1. The molecule has 11 heteroatoms. The number of benzene rings is 1. The highest BCUT2D eigenvalue weighted by atomic mass is 35.5. The fraction of sp³-hybridized carbons (Fsp3) is 0.368. The maximum atomic E-state index is 13.5. The first-order valence-corrected chi connectivity index (χ1v) is 11.1. The molecule has 0 aliphatic carbocycles. The van der Waals surface area contributed by atoms with E-state index in [1.165, 1.54) is 28.6 Å². The third-order valence-electron chi connectivity index (χ3n) is 4.66. The second kappa shape index (κ2) is 9.15. The lowest BCUT2D eigenvalue weighted by molar-refractivity contribution is -0.120. The summed E-state index contributed by atoms with van der Waals surface area (Å²) >= 11 is 5.63. The number of amides is 1. The van der Waals surface area contributed by atoms with Gasteiger partial charge in [-0.25, -0.2) is 17.6 Å². The number of hydrogen-bond acceptors (Lipinski definition) is 6. The van der Waals surface area contributed by atoms with Crippen molar-refractivity contribution in [1.29, 1.82) is 0 Å². The molecule has 2 heterocycles. The lowest BCUT2D eigenvalue weighted by Gasteiger charge is -2.29. The maximum Gasteiger partial charge on any atom is 0.374 e. The predicted octanol–water partition coefficient (Wildman–Crippen LogP) is 3.29. The Bertz CT molecular complexity index is 1050. The van der Waals surface area contributed by atoms with E-state index in [1.807, 2.05) is 0 Å². The maximum absolute atomic E-state index is 13.5. The van der Waals surface area contributed by atoms with Crippen LogP contribution in [0.25, 0.3) is 0 Å². The largest absolute Gasteiger partial charge is 0.460 e. The molecular formula is C19H20ClFN2O6S. The molecule has 0 saturated carbocycles. The molecule has 1 fully saturated rings. The van der Waals surface area contributed by atoms with Gasteiger partial charge in [-0.05, 0) is 50.1 Å². The summed E-state index contributed by atoms with van der Waals surface area (Å²) in [5, 5.41) is 2.22. The van der Waals surface area contributed by atoms with Crippen LogP contribution in [0.1, 0.15) is 30.3 Å². The summed E-state index contributed by atoms with van der Waals surface area (Å²) in [5.41, 5.74) is 0.277. The van der Waals surface area contributed by atoms with Gasteiger partial charge in [0.25, 0.3) is 10.0 Å². The number of esters is 1. The van der Waals surface area contributed by atoms with Crippen molar-refractivity contribution in [2.24, 2.45) is 5.92 Å². The van der Waals surface area contributed by atoms with Crippen LogP contribution in [-0.4, -0.2) is 44.3 Å². The first-order valence-electron chi connectivity index (χ1n) is 9.25. The average molecular weight is 459 g/mol. The molecule has 1 aromatic carbocycles. The SMILES string of the molecule is CCOC(=O)c1ccc(S(=O)(=O)N2CCC(C(=O)Nc3ccc(Cl)c(F)c3)CC2)o1. The van der Waals surface area contributed by atoms with Gasteiger partial charge in [-0.15, -0.1) is 0 Å². The first kappa shape index (κ1) is 22.3. The Kier molecular flexibility index (Phi) is 6.79. The van der Waals surface area contributed by atoms with Gasteiger partial charge < -0.3 is 14.5 Å². The fourth-order valence-corrected chi connectivity index (χ4v) is 4.57. The number of carbonyl (C=O) groups is 2. The van der Waals surface area contributed by atoms with E-state index in [4.69, 9.17) is 20.8 Å². The van der Waals surface area contributed by atoms with Gasteiger partial charge in [0.05, 0.1) is 11.6 Å². The summed E-state index contributed by atoms with van der Waals surface area (Å²) in [5.74, 6) is -2.33. The monoisotopic (exact) mass is 458 g/mol. The van der Waals surface area contributed by atoms with Gasteiger partial charge in [-0.1, -0.05) is 11.6 Å². The molecule has 30 heavy (non-hydrogen) atoms. The Morgan fingerprint density at radius 3 is 2.60 bits per heavy atom. The lowest BCUT2D eigenvalue weighted by Crippen LogP contribution is -2.41. The van der Waals surface area contributed by atoms with Crippen molar-refractivity contribution in [3.8, 4) is 0 Å². The number of piperidine rings is 1. The molecule has 1 aromatic heterocycles. The van der Waals surface area contributed by atoms with E-state index in [0.717, 1.165) is 6.07 Å². The quantitative estimate of drug-likeness (QED) is 0.666. The third-order valence-corrected chi connectivity index (χ3v) is 6.74. The van der Waals surface area contributed by atoms with Crippen LogP contribution in [0.15, 0.2) is 39.8 Å². The molecule has 162 valence electrons. The number of furan rings is 1. The van der Waals surface area contributed by atoms with Gasteiger partial charge in [0.15, 0.2) is 0 Å². The Morgan fingerprint density at radius 2 is 1.97 bits per heavy atom. The molecule has 0 spiro atoms. The van der Waals surface area contributed by atoms with Crippen molar-refractivity contribution in [2.75, 3.05) is 25.0 Å². The minimum Gasteiger partial charge on any atom is -0.460 e. The standard InChI is InChI=1S/C19H20ClFN2O6S/c1-2-28-19(25)16-5-6-17(29-16)30(26,27)23-9-7-12(8-10-23)18(24)22-13-3-4-14(20)15(21)11-13/h3-6,11-12H,2,7-10H2,1H3,(H,22,24). The molecule has 0 radical (unpaired) electrons. The summed E-state index contributed by atoms with van der Waals surface area (Å²) < 4.78 is 50.1. The minimum atomic E-state index is -3.95. The van der Waals surface area contributed by atoms with Crippen LogP contribution < -0.4 is 5.32 Å². The second-order valence-electron chi connectivity index (χ2n) is 6.64. The molecule has 3 rings (SSSR count). The van der Waals surface area contributed by atoms with Crippen LogP contribution in [0, 0.1) is 11.7 Å². The molecule has 8 nitrogen and oxygen atoms in total.